The Morgan fingerprint density at radius 3 is 2.90 bits per heavy atom. The molecule has 4 nitrogen and oxygen atoms in total. The number of nitrogens with zero attached hydrogens (tertiary/aromatic N) is 3. The maximum atomic E-state index is 4.35. The molecular weight excluding hydrogens is 248 g/mol. The van der Waals surface area contributed by atoms with E-state index in [9.17, 15) is 0 Å². The predicted octanol–water partition coefficient (Wildman–Crippen LogP) is 2.05. The summed E-state index contributed by atoms with van der Waals surface area (Å²) < 4.78 is 1.99. The van der Waals surface area contributed by atoms with Gasteiger partial charge in [-0.15, -0.1) is 0 Å². The Morgan fingerprint density at radius 2 is 2.15 bits per heavy atom. The minimum absolute atomic E-state index is 0.436. The molecule has 1 fully saturated rings. The van der Waals surface area contributed by atoms with Gasteiger partial charge in [0.2, 0.25) is 0 Å². The SMILES string of the molecule is CCn1cc(CN2CCNC(c3ccccc3)C2)cn1. The summed E-state index contributed by atoms with van der Waals surface area (Å²) in [5, 5.41) is 7.96. The van der Waals surface area contributed by atoms with Crippen LogP contribution in [0.5, 0.6) is 0 Å². The van der Waals surface area contributed by atoms with Gasteiger partial charge in [0.25, 0.3) is 0 Å². The highest BCUT2D eigenvalue weighted by atomic mass is 15.3. The maximum absolute atomic E-state index is 4.35. The van der Waals surface area contributed by atoms with Crippen LogP contribution >= 0.6 is 0 Å². The molecule has 1 unspecified atom stereocenters. The smallest absolute Gasteiger partial charge is 0.0534 e. The highest BCUT2D eigenvalue weighted by molar-refractivity contribution is 5.20. The molecule has 1 aromatic carbocycles. The van der Waals surface area contributed by atoms with Crippen molar-refractivity contribution in [3.8, 4) is 0 Å². The molecule has 0 radical (unpaired) electrons. The van der Waals surface area contributed by atoms with Crippen LogP contribution in [-0.2, 0) is 13.1 Å². The third kappa shape index (κ3) is 3.08. The number of rotatable bonds is 4. The van der Waals surface area contributed by atoms with Crippen LogP contribution in [0.1, 0.15) is 24.1 Å². The van der Waals surface area contributed by atoms with Crippen LogP contribution in [0.4, 0.5) is 0 Å². The van der Waals surface area contributed by atoms with E-state index >= 15 is 0 Å². The van der Waals surface area contributed by atoms with Gasteiger partial charge >= 0.3 is 0 Å². The lowest BCUT2D eigenvalue weighted by Crippen LogP contribution is -2.45. The van der Waals surface area contributed by atoms with E-state index in [4.69, 9.17) is 0 Å². The first-order valence-corrected chi connectivity index (χ1v) is 7.37. The molecule has 1 aliphatic heterocycles. The van der Waals surface area contributed by atoms with E-state index in [0.717, 1.165) is 32.7 Å². The van der Waals surface area contributed by atoms with Crippen LogP contribution in [0.25, 0.3) is 0 Å². The van der Waals surface area contributed by atoms with Crippen LogP contribution in [0.2, 0.25) is 0 Å². The quantitative estimate of drug-likeness (QED) is 0.923. The molecule has 0 aliphatic carbocycles. The average molecular weight is 270 g/mol. The van der Waals surface area contributed by atoms with Crippen molar-refractivity contribution < 1.29 is 0 Å². The molecule has 20 heavy (non-hydrogen) atoms. The first kappa shape index (κ1) is 13.3. The van der Waals surface area contributed by atoms with E-state index in [1.807, 2.05) is 10.9 Å². The topological polar surface area (TPSA) is 33.1 Å². The zero-order valence-electron chi connectivity index (χ0n) is 12.0. The van der Waals surface area contributed by atoms with Gasteiger partial charge in [-0.2, -0.15) is 5.10 Å². The second-order valence-corrected chi connectivity index (χ2v) is 5.36. The largest absolute Gasteiger partial charge is 0.308 e. The first-order valence-electron chi connectivity index (χ1n) is 7.37. The summed E-state index contributed by atoms with van der Waals surface area (Å²) in [6, 6.07) is 11.1. The molecule has 4 heteroatoms. The number of aromatic nitrogens is 2. The molecule has 1 aromatic heterocycles. The van der Waals surface area contributed by atoms with Gasteiger partial charge in [-0.3, -0.25) is 9.58 Å². The van der Waals surface area contributed by atoms with Crippen molar-refractivity contribution in [2.24, 2.45) is 0 Å². The summed E-state index contributed by atoms with van der Waals surface area (Å²) in [7, 11) is 0. The van der Waals surface area contributed by atoms with Crippen molar-refractivity contribution in [2.75, 3.05) is 19.6 Å². The number of piperazine rings is 1. The molecule has 3 rings (SSSR count). The average Bonchev–Trinajstić information content (AvgIpc) is 2.96. The van der Waals surface area contributed by atoms with Crippen LogP contribution in [0, 0.1) is 0 Å². The van der Waals surface area contributed by atoms with Gasteiger partial charge in [0.15, 0.2) is 0 Å². The number of hydrogen-bond donors (Lipinski definition) is 1. The van der Waals surface area contributed by atoms with Gasteiger partial charge < -0.3 is 5.32 Å². The first-order chi connectivity index (χ1) is 9.85. The number of benzene rings is 1. The molecule has 106 valence electrons. The standard InChI is InChI=1S/C16H22N4/c1-2-20-12-14(10-18-20)11-19-9-8-17-16(13-19)15-6-4-3-5-7-15/h3-7,10,12,16-17H,2,8-9,11,13H2,1H3. The maximum Gasteiger partial charge on any atom is 0.0534 e. The van der Waals surface area contributed by atoms with E-state index in [2.05, 4.69) is 58.8 Å². The highest BCUT2D eigenvalue weighted by Crippen LogP contribution is 2.18. The van der Waals surface area contributed by atoms with Gasteiger partial charge in [0.1, 0.15) is 0 Å². The van der Waals surface area contributed by atoms with Crippen molar-refractivity contribution in [1.29, 1.82) is 0 Å². The predicted molar refractivity (Wildman–Crippen MR) is 80.4 cm³/mol. The van der Waals surface area contributed by atoms with E-state index in [0.29, 0.717) is 6.04 Å². The van der Waals surface area contributed by atoms with Crippen LogP contribution in [-0.4, -0.2) is 34.3 Å². The van der Waals surface area contributed by atoms with Gasteiger partial charge in [-0.05, 0) is 12.5 Å². The lowest BCUT2D eigenvalue weighted by molar-refractivity contribution is 0.193. The van der Waals surface area contributed by atoms with Gasteiger partial charge in [-0.25, -0.2) is 0 Å². The van der Waals surface area contributed by atoms with E-state index < -0.39 is 0 Å². The summed E-state index contributed by atoms with van der Waals surface area (Å²) in [5.74, 6) is 0. The fourth-order valence-corrected chi connectivity index (χ4v) is 2.78. The summed E-state index contributed by atoms with van der Waals surface area (Å²) >= 11 is 0. The Bertz CT molecular complexity index is 534. The zero-order valence-corrected chi connectivity index (χ0v) is 12.0. The van der Waals surface area contributed by atoms with Crippen molar-refractivity contribution in [3.05, 3.63) is 53.9 Å². The van der Waals surface area contributed by atoms with Crippen molar-refractivity contribution >= 4 is 0 Å². The summed E-state index contributed by atoms with van der Waals surface area (Å²) in [6.07, 6.45) is 4.14. The Kier molecular flexibility index (Phi) is 4.14. The third-order valence-electron chi connectivity index (χ3n) is 3.88. The van der Waals surface area contributed by atoms with Crippen molar-refractivity contribution in [3.63, 3.8) is 0 Å². The van der Waals surface area contributed by atoms with E-state index in [1.165, 1.54) is 11.1 Å². The van der Waals surface area contributed by atoms with Crippen molar-refractivity contribution in [2.45, 2.75) is 26.1 Å². The lowest BCUT2D eigenvalue weighted by atomic mass is 10.0. The van der Waals surface area contributed by atoms with Gasteiger partial charge in [0.05, 0.1) is 6.20 Å². The molecule has 1 atom stereocenters. The van der Waals surface area contributed by atoms with Gasteiger partial charge in [-0.1, -0.05) is 30.3 Å². The molecule has 1 N–H and O–H groups in total. The Balaban J connectivity index is 1.63. The second kappa shape index (κ2) is 6.20. The van der Waals surface area contributed by atoms with Crippen molar-refractivity contribution in [1.82, 2.24) is 20.0 Å². The molecule has 2 heterocycles. The van der Waals surface area contributed by atoms with E-state index in [-0.39, 0.29) is 0 Å². The Morgan fingerprint density at radius 1 is 1.30 bits per heavy atom. The highest BCUT2D eigenvalue weighted by Gasteiger charge is 2.20. The summed E-state index contributed by atoms with van der Waals surface area (Å²) in [6.45, 7) is 7.25. The molecular formula is C16H22N4. The minimum Gasteiger partial charge on any atom is -0.308 e. The molecule has 1 saturated heterocycles. The fraction of sp³-hybridized carbons (Fsp3) is 0.438. The number of aryl methyl sites for hydroxylation is 1. The molecule has 0 bridgehead atoms. The minimum atomic E-state index is 0.436. The van der Waals surface area contributed by atoms with E-state index in [1.54, 1.807) is 0 Å². The number of hydrogen-bond acceptors (Lipinski definition) is 3. The molecule has 1 aliphatic rings. The Hall–Kier alpha value is -1.65. The normalized spacial score (nSPS) is 20.1. The van der Waals surface area contributed by atoms with Crippen LogP contribution < -0.4 is 5.32 Å². The van der Waals surface area contributed by atoms with Gasteiger partial charge in [0, 0.05) is 50.5 Å². The van der Waals surface area contributed by atoms with Crippen LogP contribution in [0.15, 0.2) is 42.7 Å². The molecule has 0 amide bonds. The molecule has 2 aromatic rings. The summed E-state index contributed by atoms with van der Waals surface area (Å²) in [5.41, 5.74) is 2.68. The Labute approximate surface area is 120 Å². The van der Waals surface area contributed by atoms with Crippen LogP contribution in [0.3, 0.4) is 0 Å². The molecule has 0 spiro atoms. The zero-order chi connectivity index (χ0) is 13.8. The molecule has 0 saturated carbocycles. The fourth-order valence-electron chi connectivity index (χ4n) is 2.78. The second-order valence-electron chi connectivity index (χ2n) is 5.36. The lowest BCUT2D eigenvalue weighted by Gasteiger charge is -2.33. The summed E-state index contributed by atoms with van der Waals surface area (Å²) in [4.78, 5) is 2.51. The monoisotopic (exact) mass is 270 g/mol. The third-order valence-corrected chi connectivity index (χ3v) is 3.88. The number of nitrogens with one attached hydrogen (secondary N) is 1.